The Morgan fingerprint density at radius 2 is 1.62 bits per heavy atom. The number of guanidine groups is 1. The summed E-state index contributed by atoms with van der Waals surface area (Å²) in [5.74, 6) is -5.31. The van der Waals surface area contributed by atoms with E-state index in [-0.39, 0.29) is 43.9 Å². The molecule has 1 aromatic rings. The van der Waals surface area contributed by atoms with Gasteiger partial charge < -0.3 is 48.3 Å². The number of H-pyrrole nitrogens is 1. The zero-order chi connectivity index (χ0) is 28.0. The number of hydrogen-bond donors (Lipinski definition) is 10. The summed E-state index contributed by atoms with van der Waals surface area (Å²) in [6.45, 7) is 0.132. The number of aliphatic carboxylic acids is 2. The molecule has 12 N–H and O–H groups in total. The quantitative estimate of drug-likeness (QED) is 0.0401. The molecule has 0 radical (unpaired) electrons. The van der Waals surface area contributed by atoms with Crippen molar-refractivity contribution in [3.05, 3.63) is 18.2 Å². The van der Waals surface area contributed by atoms with Gasteiger partial charge in [-0.25, -0.2) is 9.78 Å². The fourth-order valence-corrected chi connectivity index (χ4v) is 3.30. The van der Waals surface area contributed by atoms with Crippen LogP contribution in [0, 0.1) is 0 Å². The van der Waals surface area contributed by atoms with Crippen molar-refractivity contribution in [3.8, 4) is 0 Å². The molecule has 4 atom stereocenters. The maximum Gasteiger partial charge on any atom is 0.326 e. The minimum absolute atomic E-state index is 0.0268. The third-order valence-electron chi connectivity index (χ3n) is 4.99. The Balaban J connectivity index is 2.83. The van der Waals surface area contributed by atoms with E-state index in [9.17, 15) is 29.1 Å². The van der Waals surface area contributed by atoms with Crippen LogP contribution in [0.5, 0.6) is 0 Å². The molecule has 1 aromatic heterocycles. The van der Waals surface area contributed by atoms with E-state index >= 15 is 0 Å². The zero-order valence-corrected chi connectivity index (χ0v) is 20.8. The van der Waals surface area contributed by atoms with E-state index in [1.165, 1.54) is 12.5 Å². The van der Waals surface area contributed by atoms with Crippen molar-refractivity contribution in [3.63, 3.8) is 0 Å². The van der Waals surface area contributed by atoms with E-state index < -0.39 is 60.2 Å². The van der Waals surface area contributed by atoms with Crippen molar-refractivity contribution in [1.82, 2.24) is 25.9 Å². The van der Waals surface area contributed by atoms with Crippen LogP contribution in [0.4, 0.5) is 0 Å². The van der Waals surface area contributed by atoms with E-state index in [1.807, 2.05) is 0 Å². The van der Waals surface area contributed by atoms with Crippen molar-refractivity contribution < 1.29 is 34.2 Å². The minimum atomic E-state index is -1.40. The van der Waals surface area contributed by atoms with Crippen LogP contribution in [0.15, 0.2) is 17.5 Å². The van der Waals surface area contributed by atoms with Gasteiger partial charge in [-0.3, -0.25) is 24.2 Å². The van der Waals surface area contributed by atoms with E-state index in [1.54, 1.807) is 0 Å². The van der Waals surface area contributed by atoms with Gasteiger partial charge in [-0.15, -0.1) is 0 Å². The smallest absolute Gasteiger partial charge is 0.326 e. The summed E-state index contributed by atoms with van der Waals surface area (Å²) in [6.07, 6.45) is 2.41. The Kier molecular flexibility index (Phi) is 13.5. The third-order valence-corrected chi connectivity index (χ3v) is 5.35. The number of amides is 3. The third kappa shape index (κ3) is 12.1. The largest absolute Gasteiger partial charge is 0.481 e. The van der Waals surface area contributed by atoms with Crippen LogP contribution < -0.4 is 33.2 Å². The number of nitrogens with two attached hydrogens (primary N) is 3. The molecular weight excluding hydrogens is 510 g/mol. The molecule has 0 saturated carbocycles. The molecule has 37 heavy (non-hydrogen) atoms. The lowest BCUT2D eigenvalue weighted by Gasteiger charge is -2.24. The molecule has 1 heterocycles. The normalized spacial score (nSPS) is 13.9. The fraction of sp³-hybridized carbons (Fsp3) is 0.550. The molecule has 0 saturated heterocycles. The van der Waals surface area contributed by atoms with E-state index in [0.717, 1.165) is 0 Å². The molecule has 0 aliphatic rings. The lowest BCUT2D eigenvalue weighted by molar-refractivity contribution is -0.143. The first-order chi connectivity index (χ1) is 17.4. The fourth-order valence-electron chi connectivity index (χ4n) is 3.04. The van der Waals surface area contributed by atoms with Gasteiger partial charge in [-0.2, -0.15) is 12.6 Å². The SMILES string of the molecule is NC(N)=NCCCC(NC(=O)C(CCC(=O)O)NC(=O)C(CS)NC(=O)C(N)Cc1cnc[nH]1)C(=O)O. The first-order valence-electron chi connectivity index (χ1n) is 11.2. The lowest BCUT2D eigenvalue weighted by atomic mass is 10.1. The van der Waals surface area contributed by atoms with Gasteiger partial charge in [0.25, 0.3) is 0 Å². The Labute approximate surface area is 217 Å². The summed E-state index contributed by atoms with van der Waals surface area (Å²) < 4.78 is 0. The molecule has 4 unspecified atom stereocenters. The van der Waals surface area contributed by atoms with E-state index in [2.05, 4.69) is 43.5 Å². The molecule has 0 aliphatic carbocycles. The number of nitrogens with zero attached hydrogens (tertiary/aromatic N) is 2. The van der Waals surface area contributed by atoms with Crippen molar-refractivity contribution in [2.75, 3.05) is 12.3 Å². The topological polar surface area (TPSA) is 281 Å². The van der Waals surface area contributed by atoms with Crippen molar-refractivity contribution in [2.45, 2.75) is 56.3 Å². The summed E-state index contributed by atoms with van der Waals surface area (Å²) in [4.78, 5) is 71.0. The molecule has 1 rings (SSSR count). The Bertz CT molecular complexity index is 954. The van der Waals surface area contributed by atoms with Crippen LogP contribution in [0.25, 0.3) is 0 Å². The second-order valence-corrected chi connectivity index (χ2v) is 8.34. The van der Waals surface area contributed by atoms with Crippen LogP contribution >= 0.6 is 12.6 Å². The molecule has 0 aliphatic heterocycles. The summed E-state index contributed by atoms with van der Waals surface area (Å²) >= 11 is 4.06. The summed E-state index contributed by atoms with van der Waals surface area (Å²) in [5, 5.41) is 25.5. The number of carbonyl (C=O) groups excluding carboxylic acids is 3. The molecule has 0 spiro atoms. The van der Waals surface area contributed by atoms with Gasteiger partial charge in [0.05, 0.1) is 12.4 Å². The van der Waals surface area contributed by atoms with Crippen LogP contribution in [0.3, 0.4) is 0 Å². The highest BCUT2D eigenvalue weighted by Crippen LogP contribution is 2.05. The van der Waals surface area contributed by atoms with Crippen LogP contribution in [-0.2, 0) is 30.4 Å². The van der Waals surface area contributed by atoms with Gasteiger partial charge >= 0.3 is 11.9 Å². The Morgan fingerprint density at radius 1 is 1.00 bits per heavy atom. The Hall–Kier alpha value is -3.86. The van der Waals surface area contributed by atoms with Gasteiger partial charge in [0, 0.05) is 37.0 Å². The van der Waals surface area contributed by atoms with Crippen LogP contribution in [-0.4, -0.2) is 92.3 Å². The average Bonchev–Trinajstić information content (AvgIpc) is 3.34. The van der Waals surface area contributed by atoms with Crippen molar-refractivity contribution >= 4 is 48.2 Å². The van der Waals surface area contributed by atoms with Gasteiger partial charge in [0.1, 0.15) is 18.1 Å². The summed E-state index contributed by atoms with van der Waals surface area (Å²) in [6, 6.07) is -4.97. The number of aliphatic imine (C=N–C) groups is 1. The van der Waals surface area contributed by atoms with E-state index in [0.29, 0.717) is 5.69 Å². The van der Waals surface area contributed by atoms with Crippen LogP contribution in [0.2, 0.25) is 0 Å². The minimum Gasteiger partial charge on any atom is -0.481 e. The highest BCUT2D eigenvalue weighted by molar-refractivity contribution is 7.80. The van der Waals surface area contributed by atoms with Crippen molar-refractivity contribution in [2.24, 2.45) is 22.2 Å². The standard InChI is InChI=1S/C20H33N9O7S/c21-11(6-10-7-24-9-26-10)16(32)29-14(8-37)18(34)27-12(3-4-15(30)31)17(33)28-13(19(35)36)2-1-5-25-20(22)23/h7,9,11-14,37H,1-6,8,21H2,(H,24,26)(H,27,34)(H,28,33)(H,29,32)(H,30,31)(H,35,36)(H4,22,23,25). The predicted molar refractivity (Wildman–Crippen MR) is 134 cm³/mol. The zero-order valence-electron chi connectivity index (χ0n) is 19.9. The Morgan fingerprint density at radius 3 is 2.16 bits per heavy atom. The number of hydrogen-bond acceptors (Lipinski definition) is 9. The van der Waals surface area contributed by atoms with Crippen molar-refractivity contribution in [1.29, 1.82) is 0 Å². The molecule has 0 bridgehead atoms. The maximum absolute atomic E-state index is 12.8. The van der Waals surface area contributed by atoms with E-state index in [4.69, 9.17) is 22.3 Å². The first-order valence-corrected chi connectivity index (χ1v) is 11.8. The van der Waals surface area contributed by atoms with Crippen LogP contribution in [0.1, 0.15) is 31.4 Å². The second kappa shape index (κ2) is 16.0. The first kappa shape index (κ1) is 31.2. The molecule has 0 fully saturated rings. The van der Waals surface area contributed by atoms with Gasteiger partial charge in [-0.05, 0) is 19.3 Å². The second-order valence-electron chi connectivity index (χ2n) is 7.97. The number of aromatic amines is 1. The number of rotatable bonds is 17. The molecule has 3 amide bonds. The predicted octanol–water partition coefficient (Wildman–Crippen LogP) is -3.33. The molecule has 206 valence electrons. The highest BCUT2D eigenvalue weighted by atomic mass is 32.1. The summed E-state index contributed by atoms with van der Waals surface area (Å²) in [7, 11) is 0. The monoisotopic (exact) mass is 543 g/mol. The van der Waals surface area contributed by atoms with Gasteiger partial charge in [0.2, 0.25) is 17.7 Å². The molecule has 17 heteroatoms. The van der Waals surface area contributed by atoms with Gasteiger partial charge in [-0.1, -0.05) is 0 Å². The maximum atomic E-state index is 12.8. The number of carbonyl (C=O) groups is 5. The highest BCUT2D eigenvalue weighted by Gasteiger charge is 2.30. The molecular formula is C20H33N9O7S. The number of carboxylic acid groups (broad SMARTS) is 2. The average molecular weight is 544 g/mol. The number of thiol groups is 1. The number of carboxylic acids is 2. The number of aromatic nitrogens is 2. The van der Waals surface area contributed by atoms with Gasteiger partial charge in [0.15, 0.2) is 5.96 Å². The molecule has 0 aromatic carbocycles. The number of imidazole rings is 1. The summed E-state index contributed by atoms with van der Waals surface area (Å²) in [5.41, 5.74) is 16.9. The number of nitrogens with one attached hydrogen (secondary N) is 4. The lowest BCUT2D eigenvalue weighted by Crippen LogP contribution is -2.57. The molecule has 16 nitrogen and oxygen atoms in total.